The van der Waals surface area contributed by atoms with Gasteiger partial charge >= 0.3 is 11.9 Å². The zero-order chi connectivity index (χ0) is 22.7. The number of unbranched alkanes of at least 4 members (excludes halogenated alkanes) is 5. The molecule has 0 aromatic carbocycles. The highest BCUT2D eigenvalue weighted by molar-refractivity contribution is 5.66. The maximum atomic E-state index is 10.9. The van der Waals surface area contributed by atoms with Crippen molar-refractivity contribution in [3.8, 4) is 0 Å². The van der Waals surface area contributed by atoms with Gasteiger partial charge in [-0.05, 0) is 38.5 Å². The molecule has 0 aliphatic heterocycles. The van der Waals surface area contributed by atoms with Crippen molar-refractivity contribution in [1.29, 1.82) is 0 Å². The maximum Gasteiger partial charge on any atom is 0.303 e. The quantitative estimate of drug-likeness (QED) is 0.165. The van der Waals surface area contributed by atoms with Crippen LogP contribution in [0.25, 0.3) is 0 Å². The van der Waals surface area contributed by atoms with E-state index in [1.165, 1.54) is 19.3 Å². The van der Waals surface area contributed by atoms with Crippen LogP contribution in [0.3, 0.4) is 0 Å². The molecule has 0 spiro atoms. The minimum Gasteiger partial charge on any atom is -0.550 e. The molecule has 30 heavy (non-hydrogen) atoms. The minimum atomic E-state index is -1.09. The fourth-order valence-corrected chi connectivity index (χ4v) is 3.82. The Morgan fingerprint density at radius 2 is 1.13 bits per heavy atom. The molecule has 0 saturated heterocycles. The lowest BCUT2D eigenvalue weighted by atomic mass is 10.1. The number of quaternary nitrogens is 1. The van der Waals surface area contributed by atoms with Crippen LogP contribution in [0, 0.1) is 0 Å². The number of carboxylic acids is 3. The largest absolute Gasteiger partial charge is 0.550 e. The summed E-state index contributed by atoms with van der Waals surface area (Å²) in [4.78, 5) is 32.7. The third-order valence-corrected chi connectivity index (χ3v) is 5.45. The highest BCUT2D eigenvalue weighted by atomic mass is 16.4. The van der Waals surface area contributed by atoms with Gasteiger partial charge in [-0.1, -0.05) is 31.9 Å². The van der Waals surface area contributed by atoms with E-state index < -0.39 is 17.9 Å². The van der Waals surface area contributed by atoms with Gasteiger partial charge in [-0.25, -0.2) is 0 Å². The van der Waals surface area contributed by atoms with Gasteiger partial charge < -0.3 is 24.6 Å². The summed E-state index contributed by atoms with van der Waals surface area (Å²) in [6.45, 7) is 4.88. The Hall–Kier alpha value is -1.89. The fraction of sp³-hybridized carbons (Fsp3) is 0.783. The number of hydrogen-bond acceptors (Lipinski definition) is 4. The monoisotopic (exact) mass is 427 g/mol. The van der Waals surface area contributed by atoms with Crippen LogP contribution in [-0.4, -0.2) is 58.8 Å². The zero-order valence-corrected chi connectivity index (χ0v) is 18.7. The summed E-state index contributed by atoms with van der Waals surface area (Å²) in [5.41, 5.74) is 0. The van der Waals surface area contributed by atoms with Gasteiger partial charge in [0.25, 0.3) is 0 Å². The summed E-state index contributed by atoms with van der Waals surface area (Å²) in [6, 6.07) is 0. The Morgan fingerprint density at radius 3 is 1.57 bits per heavy atom. The van der Waals surface area contributed by atoms with Crippen LogP contribution >= 0.6 is 0 Å². The molecule has 0 saturated carbocycles. The Kier molecular flexibility index (Phi) is 16.8. The van der Waals surface area contributed by atoms with Crippen molar-refractivity contribution in [3.05, 3.63) is 12.2 Å². The second-order valence-electron chi connectivity index (χ2n) is 8.17. The predicted molar refractivity (Wildman–Crippen MR) is 115 cm³/mol. The van der Waals surface area contributed by atoms with Gasteiger partial charge in [0.2, 0.25) is 0 Å². The predicted octanol–water partition coefficient (Wildman–Crippen LogP) is 3.37. The van der Waals surface area contributed by atoms with Gasteiger partial charge in [0.05, 0.1) is 39.0 Å². The first-order valence-electron chi connectivity index (χ1n) is 11.4. The standard InChI is InChI=1S/C23H41NO6/c1-2-3-4-5-6-7-8-9-10-17-24(18-11-14-21(25)26,19-12-15-22(27)28)20-13-16-23(29)30/h6-7H,2-5,8-20H2,1H3,(H2-,25,26,27,28,29,30)/b7-6+. The van der Waals surface area contributed by atoms with Crippen molar-refractivity contribution in [2.24, 2.45) is 0 Å². The minimum absolute atomic E-state index is 0.0294. The molecule has 0 aliphatic carbocycles. The molecule has 0 rings (SSSR count). The lowest BCUT2D eigenvalue weighted by molar-refractivity contribution is -0.929. The molecular formula is C23H41NO6. The van der Waals surface area contributed by atoms with Gasteiger partial charge in [0.15, 0.2) is 0 Å². The van der Waals surface area contributed by atoms with E-state index in [1.54, 1.807) is 0 Å². The summed E-state index contributed by atoms with van der Waals surface area (Å²) in [7, 11) is 0. The van der Waals surface area contributed by atoms with E-state index in [1.807, 2.05) is 0 Å². The first kappa shape index (κ1) is 28.1. The first-order chi connectivity index (χ1) is 14.3. The van der Waals surface area contributed by atoms with E-state index in [-0.39, 0.29) is 19.3 Å². The summed E-state index contributed by atoms with van der Waals surface area (Å²) in [5.74, 6) is -2.78. The van der Waals surface area contributed by atoms with Crippen molar-refractivity contribution in [3.63, 3.8) is 0 Å². The molecule has 7 nitrogen and oxygen atoms in total. The Morgan fingerprint density at radius 1 is 0.700 bits per heavy atom. The molecule has 2 N–H and O–H groups in total. The van der Waals surface area contributed by atoms with Crippen LogP contribution in [0.1, 0.15) is 90.4 Å². The van der Waals surface area contributed by atoms with Crippen LogP contribution in [0.4, 0.5) is 0 Å². The number of carboxylic acid groups (broad SMARTS) is 3. The molecule has 0 aromatic heterocycles. The molecule has 0 radical (unpaired) electrons. The van der Waals surface area contributed by atoms with Gasteiger partial charge in [-0.2, -0.15) is 0 Å². The van der Waals surface area contributed by atoms with Crippen molar-refractivity contribution < 1.29 is 34.2 Å². The number of rotatable bonds is 21. The Balaban J connectivity index is 4.77. The molecular weight excluding hydrogens is 386 g/mol. The summed E-state index contributed by atoms with van der Waals surface area (Å²) < 4.78 is 0.591. The van der Waals surface area contributed by atoms with E-state index >= 15 is 0 Å². The van der Waals surface area contributed by atoms with Crippen molar-refractivity contribution in [1.82, 2.24) is 0 Å². The summed E-state index contributed by atoms with van der Waals surface area (Å²) in [6.07, 6.45) is 13.8. The topological polar surface area (TPSA) is 115 Å². The van der Waals surface area contributed by atoms with Crippen LogP contribution in [0.2, 0.25) is 0 Å². The number of hydrogen-bond donors (Lipinski definition) is 2. The molecule has 0 atom stereocenters. The third kappa shape index (κ3) is 17.0. The molecule has 0 heterocycles. The van der Waals surface area contributed by atoms with E-state index in [0.717, 1.165) is 32.2 Å². The Labute approximate surface area is 181 Å². The summed E-state index contributed by atoms with van der Waals surface area (Å²) in [5, 5.41) is 28.8. The highest BCUT2D eigenvalue weighted by Crippen LogP contribution is 2.17. The second-order valence-corrected chi connectivity index (χ2v) is 8.17. The van der Waals surface area contributed by atoms with Crippen molar-refractivity contribution >= 4 is 17.9 Å². The number of carbonyl (C=O) groups excluding carboxylic acids is 1. The smallest absolute Gasteiger partial charge is 0.303 e. The average Bonchev–Trinajstić information content (AvgIpc) is 2.65. The first-order valence-corrected chi connectivity index (χ1v) is 11.4. The molecule has 0 fully saturated rings. The fourth-order valence-electron chi connectivity index (χ4n) is 3.82. The van der Waals surface area contributed by atoms with E-state index in [9.17, 15) is 19.5 Å². The molecule has 0 unspecified atom stereocenters. The molecule has 0 bridgehead atoms. The molecule has 7 heteroatoms. The van der Waals surface area contributed by atoms with Crippen LogP contribution in [0.15, 0.2) is 12.2 Å². The molecule has 174 valence electrons. The number of carbonyl (C=O) groups is 3. The summed E-state index contributed by atoms with van der Waals surface area (Å²) >= 11 is 0. The van der Waals surface area contributed by atoms with Crippen molar-refractivity contribution in [2.75, 3.05) is 26.2 Å². The molecule has 0 aliphatic rings. The lowest BCUT2D eigenvalue weighted by Gasteiger charge is -2.39. The van der Waals surface area contributed by atoms with E-state index in [4.69, 9.17) is 10.2 Å². The average molecular weight is 428 g/mol. The van der Waals surface area contributed by atoms with Crippen LogP contribution in [0.5, 0.6) is 0 Å². The van der Waals surface area contributed by atoms with Gasteiger partial charge in [0, 0.05) is 25.2 Å². The second kappa shape index (κ2) is 17.9. The van der Waals surface area contributed by atoms with E-state index in [2.05, 4.69) is 19.1 Å². The third-order valence-electron chi connectivity index (χ3n) is 5.45. The number of allylic oxidation sites excluding steroid dienone is 2. The van der Waals surface area contributed by atoms with Crippen LogP contribution in [-0.2, 0) is 14.4 Å². The van der Waals surface area contributed by atoms with Crippen LogP contribution < -0.4 is 5.11 Å². The maximum absolute atomic E-state index is 10.9. The molecule has 0 amide bonds. The van der Waals surface area contributed by atoms with Gasteiger partial charge in [-0.3, -0.25) is 9.59 Å². The molecule has 0 aromatic rings. The normalized spacial score (nSPS) is 11.8. The lowest BCUT2D eigenvalue weighted by Crippen LogP contribution is -2.51. The zero-order valence-electron chi connectivity index (χ0n) is 18.7. The SMILES string of the molecule is CCCCC/C=C/CCCC[N+](CCCC(=O)[O-])(CCCC(=O)O)CCCC(=O)O. The Bertz CT molecular complexity index is 468. The number of nitrogens with zero attached hydrogens (tertiary/aromatic N) is 1. The van der Waals surface area contributed by atoms with Gasteiger partial charge in [0.1, 0.15) is 0 Å². The number of aliphatic carboxylic acids is 3. The van der Waals surface area contributed by atoms with E-state index in [0.29, 0.717) is 43.4 Å². The highest BCUT2D eigenvalue weighted by Gasteiger charge is 2.26. The van der Waals surface area contributed by atoms with Crippen molar-refractivity contribution in [2.45, 2.75) is 90.4 Å². The van der Waals surface area contributed by atoms with Gasteiger partial charge in [-0.15, -0.1) is 0 Å².